The summed E-state index contributed by atoms with van der Waals surface area (Å²) >= 11 is 0. The Labute approximate surface area is 180 Å². The molecule has 1 aromatic heterocycles. The van der Waals surface area contributed by atoms with Gasteiger partial charge in [0.1, 0.15) is 5.82 Å². The first-order valence-corrected chi connectivity index (χ1v) is 11.2. The van der Waals surface area contributed by atoms with E-state index in [0.717, 1.165) is 23.1 Å². The van der Waals surface area contributed by atoms with E-state index in [-0.39, 0.29) is 5.91 Å². The van der Waals surface area contributed by atoms with E-state index in [1.165, 1.54) is 44.9 Å². The number of fused-ring (bicyclic) bond motifs is 1. The molecule has 4 heteroatoms. The van der Waals surface area contributed by atoms with Crippen molar-refractivity contribution in [3.8, 4) is 0 Å². The number of unbranched alkanes of at least 4 members (excludes halogenated alkanes) is 6. The Morgan fingerprint density at radius 1 is 0.867 bits per heavy atom. The number of anilines is 2. The molecule has 2 aromatic carbocycles. The topological polar surface area (TPSA) is 45.2 Å². The molecule has 1 N–H and O–H groups in total. The second kappa shape index (κ2) is 11.3. The molecule has 30 heavy (non-hydrogen) atoms. The van der Waals surface area contributed by atoms with Crippen LogP contribution in [-0.2, 0) is 0 Å². The number of rotatable bonds is 11. The number of pyridine rings is 1. The normalized spacial score (nSPS) is 10.9. The Morgan fingerprint density at radius 2 is 1.57 bits per heavy atom. The Bertz CT molecular complexity index is 936. The van der Waals surface area contributed by atoms with Crippen LogP contribution >= 0.6 is 0 Å². The monoisotopic (exact) mass is 403 g/mol. The third-order valence-electron chi connectivity index (χ3n) is 5.51. The van der Waals surface area contributed by atoms with Gasteiger partial charge in [0.2, 0.25) is 0 Å². The SMILES string of the molecule is CCCCCCCCCN(C)c1ccc(C(=O)Nc2ccc3ccccc3n2)cc1. The molecule has 0 aliphatic heterocycles. The molecule has 0 atom stereocenters. The van der Waals surface area contributed by atoms with Crippen LogP contribution < -0.4 is 10.2 Å². The average Bonchev–Trinajstić information content (AvgIpc) is 2.78. The Hall–Kier alpha value is -2.88. The quantitative estimate of drug-likeness (QED) is 0.363. The minimum atomic E-state index is -0.140. The average molecular weight is 404 g/mol. The second-order valence-corrected chi connectivity index (χ2v) is 7.93. The van der Waals surface area contributed by atoms with Crippen molar-refractivity contribution in [3.63, 3.8) is 0 Å². The lowest BCUT2D eigenvalue weighted by molar-refractivity contribution is 0.102. The predicted molar refractivity (Wildman–Crippen MR) is 127 cm³/mol. The molecule has 0 aliphatic rings. The van der Waals surface area contributed by atoms with E-state index in [1.807, 2.05) is 60.7 Å². The molecular weight excluding hydrogens is 370 g/mol. The van der Waals surface area contributed by atoms with Gasteiger partial charge in [0, 0.05) is 30.2 Å². The highest BCUT2D eigenvalue weighted by Crippen LogP contribution is 2.18. The van der Waals surface area contributed by atoms with Crippen LogP contribution in [0, 0.1) is 0 Å². The number of carbonyl (C=O) groups is 1. The van der Waals surface area contributed by atoms with Crippen LogP contribution in [0.3, 0.4) is 0 Å². The summed E-state index contributed by atoms with van der Waals surface area (Å²) in [6, 6.07) is 19.5. The molecule has 0 aliphatic carbocycles. The van der Waals surface area contributed by atoms with Crippen molar-refractivity contribution in [1.82, 2.24) is 4.98 Å². The molecule has 0 radical (unpaired) electrons. The van der Waals surface area contributed by atoms with Crippen LogP contribution in [0.5, 0.6) is 0 Å². The third-order valence-corrected chi connectivity index (χ3v) is 5.51. The molecule has 0 unspecified atom stereocenters. The van der Waals surface area contributed by atoms with Crippen LogP contribution in [0.15, 0.2) is 60.7 Å². The first-order valence-electron chi connectivity index (χ1n) is 11.2. The van der Waals surface area contributed by atoms with Crippen molar-refractivity contribution < 1.29 is 4.79 Å². The van der Waals surface area contributed by atoms with Crippen molar-refractivity contribution in [2.45, 2.75) is 51.9 Å². The Morgan fingerprint density at radius 3 is 2.33 bits per heavy atom. The largest absolute Gasteiger partial charge is 0.375 e. The van der Waals surface area contributed by atoms with Gasteiger partial charge in [0.25, 0.3) is 5.91 Å². The standard InChI is InChI=1S/C26H33N3O/c1-3-4-5-6-7-8-11-20-29(2)23-17-14-22(15-18-23)26(30)28-25-19-16-21-12-9-10-13-24(21)27-25/h9-10,12-19H,3-8,11,20H2,1-2H3,(H,27,28,30). The summed E-state index contributed by atoms with van der Waals surface area (Å²) in [6.07, 6.45) is 9.20. The summed E-state index contributed by atoms with van der Waals surface area (Å²) in [4.78, 5) is 19.4. The lowest BCUT2D eigenvalue weighted by atomic mass is 10.1. The van der Waals surface area contributed by atoms with Crippen LogP contribution in [0.25, 0.3) is 10.9 Å². The number of carbonyl (C=O) groups excluding carboxylic acids is 1. The summed E-state index contributed by atoms with van der Waals surface area (Å²) in [5, 5.41) is 3.96. The molecule has 0 spiro atoms. The highest BCUT2D eigenvalue weighted by atomic mass is 16.1. The fourth-order valence-corrected chi connectivity index (χ4v) is 3.63. The van der Waals surface area contributed by atoms with Gasteiger partial charge in [-0.15, -0.1) is 0 Å². The molecule has 1 heterocycles. The predicted octanol–water partition coefficient (Wildman–Crippen LogP) is 6.67. The highest BCUT2D eigenvalue weighted by molar-refractivity contribution is 6.04. The van der Waals surface area contributed by atoms with Crippen molar-refractivity contribution in [3.05, 3.63) is 66.2 Å². The number of aromatic nitrogens is 1. The number of nitrogens with zero attached hydrogens (tertiary/aromatic N) is 2. The second-order valence-electron chi connectivity index (χ2n) is 7.93. The summed E-state index contributed by atoms with van der Waals surface area (Å²) in [5.74, 6) is 0.429. The Balaban J connectivity index is 1.48. The first-order chi connectivity index (χ1) is 14.7. The van der Waals surface area contributed by atoms with E-state index in [4.69, 9.17) is 0 Å². The molecule has 3 aromatic rings. The zero-order valence-corrected chi connectivity index (χ0v) is 18.2. The van der Waals surface area contributed by atoms with Crippen molar-refractivity contribution in [2.75, 3.05) is 23.8 Å². The fraction of sp³-hybridized carbons (Fsp3) is 0.385. The van der Waals surface area contributed by atoms with E-state index in [0.29, 0.717) is 11.4 Å². The molecule has 0 saturated carbocycles. The molecule has 4 nitrogen and oxygen atoms in total. The van der Waals surface area contributed by atoms with Gasteiger partial charge in [-0.1, -0.05) is 63.6 Å². The maximum absolute atomic E-state index is 12.6. The van der Waals surface area contributed by atoms with E-state index in [2.05, 4.69) is 29.2 Å². The molecule has 3 rings (SSSR count). The molecular formula is C26H33N3O. The van der Waals surface area contributed by atoms with Crippen molar-refractivity contribution in [2.24, 2.45) is 0 Å². The van der Waals surface area contributed by atoms with Gasteiger partial charge in [0.15, 0.2) is 0 Å². The number of para-hydroxylation sites is 1. The molecule has 158 valence electrons. The van der Waals surface area contributed by atoms with Gasteiger partial charge < -0.3 is 10.2 Å². The van der Waals surface area contributed by atoms with E-state index < -0.39 is 0 Å². The van der Waals surface area contributed by atoms with Gasteiger partial charge >= 0.3 is 0 Å². The molecule has 0 fully saturated rings. The number of benzene rings is 2. The van der Waals surface area contributed by atoms with Gasteiger partial charge in [-0.2, -0.15) is 0 Å². The third kappa shape index (κ3) is 6.31. The molecule has 1 amide bonds. The smallest absolute Gasteiger partial charge is 0.256 e. The maximum Gasteiger partial charge on any atom is 0.256 e. The van der Waals surface area contributed by atoms with Crippen molar-refractivity contribution >= 4 is 28.3 Å². The van der Waals surface area contributed by atoms with Gasteiger partial charge in [-0.3, -0.25) is 4.79 Å². The van der Waals surface area contributed by atoms with Gasteiger partial charge in [-0.25, -0.2) is 4.98 Å². The van der Waals surface area contributed by atoms with E-state index >= 15 is 0 Å². The lowest BCUT2D eigenvalue weighted by Gasteiger charge is -2.19. The van der Waals surface area contributed by atoms with E-state index in [1.54, 1.807) is 0 Å². The number of amides is 1. The molecule has 0 saturated heterocycles. The number of hydrogen-bond donors (Lipinski definition) is 1. The highest BCUT2D eigenvalue weighted by Gasteiger charge is 2.09. The molecule has 0 bridgehead atoms. The van der Waals surface area contributed by atoms with Crippen molar-refractivity contribution in [1.29, 1.82) is 0 Å². The minimum absolute atomic E-state index is 0.140. The summed E-state index contributed by atoms with van der Waals surface area (Å²) in [6.45, 7) is 3.30. The lowest BCUT2D eigenvalue weighted by Crippen LogP contribution is -2.19. The van der Waals surface area contributed by atoms with Gasteiger partial charge in [-0.05, 0) is 48.9 Å². The van der Waals surface area contributed by atoms with Crippen LogP contribution in [-0.4, -0.2) is 24.5 Å². The zero-order valence-electron chi connectivity index (χ0n) is 18.2. The summed E-state index contributed by atoms with van der Waals surface area (Å²) < 4.78 is 0. The van der Waals surface area contributed by atoms with Crippen LogP contribution in [0.4, 0.5) is 11.5 Å². The number of nitrogens with one attached hydrogen (secondary N) is 1. The Kier molecular flexibility index (Phi) is 8.25. The van der Waals surface area contributed by atoms with Gasteiger partial charge in [0.05, 0.1) is 5.52 Å². The zero-order chi connectivity index (χ0) is 21.2. The van der Waals surface area contributed by atoms with Crippen LogP contribution in [0.1, 0.15) is 62.2 Å². The summed E-state index contributed by atoms with van der Waals surface area (Å²) in [5.41, 5.74) is 2.65. The maximum atomic E-state index is 12.6. The minimum Gasteiger partial charge on any atom is -0.375 e. The fourth-order valence-electron chi connectivity index (χ4n) is 3.63. The first kappa shape index (κ1) is 21.8. The van der Waals surface area contributed by atoms with E-state index in [9.17, 15) is 4.79 Å². The summed E-state index contributed by atoms with van der Waals surface area (Å²) in [7, 11) is 2.12. The van der Waals surface area contributed by atoms with Crippen LogP contribution in [0.2, 0.25) is 0 Å². The number of hydrogen-bond acceptors (Lipinski definition) is 3.